The van der Waals surface area contributed by atoms with E-state index in [2.05, 4.69) is 4.98 Å². The van der Waals surface area contributed by atoms with E-state index < -0.39 is 17.7 Å². The summed E-state index contributed by atoms with van der Waals surface area (Å²) in [6.45, 7) is 0. The summed E-state index contributed by atoms with van der Waals surface area (Å²) in [6, 6.07) is 14.7. The van der Waals surface area contributed by atoms with Gasteiger partial charge in [0, 0.05) is 17.3 Å². The molecule has 3 aromatic heterocycles. The number of rotatable bonds is 4. The van der Waals surface area contributed by atoms with Crippen molar-refractivity contribution < 1.29 is 28.7 Å². The maximum Gasteiger partial charge on any atom is 0.341 e. The zero-order chi connectivity index (χ0) is 23.3. The summed E-state index contributed by atoms with van der Waals surface area (Å²) in [5, 5.41) is 0. The van der Waals surface area contributed by atoms with Gasteiger partial charge in [-0.3, -0.25) is 14.6 Å². The lowest BCUT2D eigenvalue weighted by Gasteiger charge is -2.10. The van der Waals surface area contributed by atoms with Crippen molar-refractivity contribution in [3.63, 3.8) is 0 Å². The number of carbonyl (C=O) groups excluding carboxylic acids is 4. The number of ketones is 2. The Morgan fingerprint density at radius 3 is 2.21 bits per heavy atom. The van der Waals surface area contributed by atoms with Crippen LogP contribution in [0.5, 0.6) is 0 Å². The van der Waals surface area contributed by atoms with Crippen LogP contribution < -0.4 is 0 Å². The molecule has 8 heteroatoms. The molecule has 0 N–H and O–H groups in total. The molecule has 33 heavy (non-hydrogen) atoms. The van der Waals surface area contributed by atoms with Gasteiger partial charge in [-0.15, -0.1) is 0 Å². The number of nitrogens with zero attached hydrogens (tertiary/aromatic N) is 2. The van der Waals surface area contributed by atoms with E-state index >= 15 is 0 Å². The Hall–Kier alpha value is -4.59. The molecule has 0 bridgehead atoms. The van der Waals surface area contributed by atoms with Crippen molar-refractivity contribution in [2.24, 2.45) is 0 Å². The van der Waals surface area contributed by atoms with E-state index in [1.54, 1.807) is 48.5 Å². The third-order valence-electron chi connectivity index (χ3n) is 5.65. The molecule has 0 saturated carbocycles. The summed E-state index contributed by atoms with van der Waals surface area (Å²) in [5.74, 6) is -2.48. The Morgan fingerprint density at radius 1 is 0.818 bits per heavy atom. The Morgan fingerprint density at radius 2 is 1.52 bits per heavy atom. The van der Waals surface area contributed by atoms with Gasteiger partial charge < -0.3 is 13.9 Å². The number of methoxy groups -OCH3 is 2. The molecular weight excluding hydrogens is 424 g/mol. The molecule has 1 aromatic carbocycles. The molecule has 0 unspecified atom stereocenters. The summed E-state index contributed by atoms with van der Waals surface area (Å²) < 4.78 is 11.3. The van der Waals surface area contributed by atoms with Gasteiger partial charge in [-0.1, -0.05) is 30.3 Å². The van der Waals surface area contributed by atoms with Gasteiger partial charge >= 0.3 is 11.9 Å². The predicted octanol–water partition coefficient (Wildman–Crippen LogP) is 3.35. The van der Waals surface area contributed by atoms with Crippen LogP contribution >= 0.6 is 0 Å². The number of hydrogen-bond donors (Lipinski definition) is 0. The highest BCUT2D eigenvalue weighted by Gasteiger charge is 2.38. The second-order valence-corrected chi connectivity index (χ2v) is 7.32. The van der Waals surface area contributed by atoms with Crippen LogP contribution in [-0.2, 0) is 9.47 Å². The molecular formula is C25H16N2O6. The lowest BCUT2D eigenvalue weighted by atomic mass is 10.0. The second-order valence-electron chi connectivity index (χ2n) is 7.32. The Bertz CT molecular complexity index is 1500. The van der Waals surface area contributed by atoms with E-state index in [-0.39, 0.29) is 28.1 Å². The minimum atomic E-state index is -0.877. The van der Waals surface area contributed by atoms with Crippen LogP contribution in [0.2, 0.25) is 0 Å². The van der Waals surface area contributed by atoms with Crippen molar-refractivity contribution in [1.82, 2.24) is 9.38 Å². The fraction of sp³-hybridized carbons (Fsp3) is 0.0800. The summed E-state index contributed by atoms with van der Waals surface area (Å²) in [6.07, 6.45) is 1.53. The summed E-state index contributed by atoms with van der Waals surface area (Å²) >= 11 is 0. The number of carbonyl (C=O) groups is 4. The minimum absolute atomic E-state index is 0.105. The maximum absolute atomic E-state index is 13.7. The molecule has 0 aliphatic heterocycles. The second kappa shape index (κ2) is 7.52. The number of benzene rings is 1. The van der Waals surface area contributed by atoms with E-state index in [0.29, 0.717) is 28.1 Å². The molecule has 0 amide bonds. The number of pyridine rings is 2. The molecule has 3 heterocycles. The first kappa shape index (κ1) is 20.3. The van der Waals surface area contributed by atoms with Crippen LogP contribution in [-0.4, -0.2) is 47.1 Å². The van der Waals surface area contributed by atoms with Crippen LogP contribution in [0.15, 0.2) is 60.8 Å². The average molecular weight is 440 g/mol. The molecule has 1 aliphatic carbocycles. The lowest BCUT2D eigenvalue weighted by Crippen LogP contribution is -2.15. The van der Waals surface area contributed by atoms with Gasteiger partial charge in [-0.05, 0) is 24.3 Å². The monoisotopic (exact) mass is 440 g/mol. The van der Waals surface area contributed by atoms with Crippen LogP contribution in [0.25, 0.3) is 16.9 Å². The third-order valence-corrected chi connectivity index (χ3v) is 5.65. The Kier molecular flexibility index (Phi) is 4.63. The van der Waals surface area contributed by atoms with Gasteiger partial charge in [0.1, 0.15) is 16.8 Å². The van der Waals surface area contributed by atoms with E-state index in [9.17, 15) is 19.2 Å². The van der Waals surface area contributed by atoms with Crippen molar-refractivity contribution in [3.8, 4) is 11.4 Å². The standard InChI is InChI=1S/C25H16N2O6/c1-32-24(30)17-16-11-10-15-20(19-14(23(15)29)9-6-12-26-19)27(16)21(18(17)25(31)33-2)22(28)13-7-4-3-5-8-13/h3-12H,1-2H3. The predicted molar refractivity (Wildman–Crippen MR) is 117 cm³/mol. The molecule has 162 valence electrons. The number of fused-ring (bicyclic) bond motifs is 5. The number of hydrogen-bond acceptors (Lipinski definition) is 7. The SMILES string of the molecule is COC(=O)c1c(C(=O)OC)c2ccc3c(n2c1C(=O)c1ccccc1)-c1ncccc1C3=O. The van der Waals surface area contributed by atoms with Crippen molar-refractivity contribution in [2.75, 3.05) is 14.2 Å². The molecule has 5 rings (SSSR count). The first-order chi connectivity index (χ1) is 16.0. The van der Waals surface area contributed by atoms with Gasteiger partial charge in [0.15, 0.2) is 5.78 Å². The summed E-state index contributed by atoms with van der Waals surface area (Å²) in [5.41, 5.74) is 1.42. The van der Waals surface area contributed by atoms with Gasteiger partial charge in [-0.25, -0.2) is 9.59 Å². The molecule has 0 saturated heterocycles. The molecule has 1 aliphatic rings. The van der Waals surface area contributed by atoms with E-state index in [1.165, 1.54) is 23.8 Å². The van der Waals surface area contributed by atoms with E-state index in [4.69, 9.17) is 9.47 Å². The van der Waals surface area contributed by atoms with Gasteiger partial charge in [-0.2, -0.15) is 0 Å². The Balaban J connectivity index is 2.00. The first-order valence-electron chi connectivity index (χ1n) is 9.97. The zero-order valence-electron chi connectivity index (χ0n) is 17.6. The maximum atomic E-state index is 13.7. The molecule has 0 spiro atoms. The van der Waals surface area contributed by atoms with Crippen molar-refractivity contribution in [1.29, 1.82) is 0 Å². The normalized spacial score (nSPS) is 11.8. The highest BCUT2D eigenvalue weighted by molar-refractivity contribution is 6.24. The molecule has 0 fully saturated rings. The summed E-state index contributed by atoms with van der Waals surface area (Å²) in [7, 11) is 2.34. The van der Waals surface area contributed by atoms with E-state index in [0.717, 1.165) is 7.11 Å². The smallest absolute Gasteiger partial charge is 0.341 e. The zero-order valence-corrected chi connectivity index (χ0v) is 17.6. The quantitative estimate of drug-likeness (QED) is 0.312. The van der Waals surface area contributed by atoms with Crippen LogP contribution in [0, 0.1) is 0 Å². The largest absolute Gasteiger partial charge is 0.465 e. The third kappa shape index (κ3) is 2.81. The molecule has 0 radical (unpaired) electrons. The van der Waals surface area contributed by atoms with Gasteiger partial charge in [0.2, 0.25) is 5.78 Å². The fourth-order valence-electron chi connectivity index (χ4n) is 4.23. The van der Waals surface area contributed by atoms with Gasteiger partial charge in [0.25, 0.3) is 0 Å². The van der Waals surface area contributed by atoms with Crippen molar-refractivity contribution in [3.05, 3.63) is 94.3 Å². The van der Waals surface area contributed by atoms with Gasteiger partial charge in [0.05, 0.1) is 36.7 Å². The van der Waals surface area contributed by atoms with Crippen LogP contribution in [0.3, 0.4) is 0 Å². The Labute approximate surface area is 187 Å². The van der Waals surface area contributed by atoms with Crippen molar-refractivity contribution >= 4 is 29.0 Å². The number of esters is 2. The minimum Gasteiger partial charge on any atom is -0.465 e. The number of aromatic nitrogens is 2. The highest BCUT2D eigenvalue weighted by Crippen LogP contribution is 2.39. The molecule has 4 aromatic rings. The van der Waals surface area contributed by atoms with E-state index in [1.807, 2.05) is 0 Å². The fourth-order valence-corrected chi connectivity index (χ4v) is 4.23. The van der Waals surface area contributed by atoms with Crippen molar-refractivity contribution in [2.45, 2.75) is 0 Å². The number of ether oxygens (including phenoxy) is 2. The van der Waals surface area contributed by atoms with Crippen LogP contribution in [0.1, 0.15) is 52.7 Å². The molecule has 8 nitrogen and oxygen atoms in total. The molecule has 0 atom stereocenters. The average Bonchev–Trinajstić information content (AvgIpc) is 3.36. The van der Waals surface area contributed by atoms with Crippen LogP contribution in [0.4, 0.5) is 0 Å². The summed E-state index contributed by atoms with van der Waals surface area (Å²) in [4.78, 5) is 56.9. The first-order valence-corrected chi connectivity index (χ1v) is 9.97. The topological polar surface area (TPSA) is 104 Å². The highest BCUT2D eigenvalue weighted by atomic mass is 16.5. The lowest BCUT2D eigenvalue weighted by molar-refractivity contribution is 0.0556.